The van der Waals surface area contributed by atoms with Crippen LogP contribution in [0.3, 0.4) is 0 Å². The molecule has 0 radical (unpaired) electrons. The van der Waals surface area contributed by atoms with Crippen molar-refractivity contribution < 1.29 is 4.74 Å². The number of nitrogens with two attached hydrogens (primary N) is 1. The molecule has 2 aromatic rings. The van der Waals surface area contributed by atoms with Crippen molar-refractivity contribution in [3.63, 3.8) is 0 Å². The normalized spacial score (nSPS) is 19.6. The van der Waals surface area contributed by atoms with Gasteiger partial charge in [0.1, 0.15) is 6.10 Å². The second kappa shape index (κ2) is 6.20. The minimum Gasteiger partial charge on any atom is -0.399 e. The zero-order valence-corrected chi connectivity index (χ0v) is 12.2. The highest BCUT2D eigenvalue weighted by molar-refractivity contribution is 5.40. The molecular weight excluding hydrogens is 264 g/mol. The summed E-state index contributed by atoms with van der Waals surface area (Å²) in [4.78, 5) is 11.3. The van der Waals surface area contributed by atoms with E-state index in [0.29, 0.717) is 6.61 Å². The fourth-order valence-electron chi connectivity index (χ4n) is 2.63. The Morgan fingerprint density at radius 2 is 2.29 bits per heavy atom. The van der Waals surface area contributed by atoms with E-state index in [2.05, 4.69) is 14.9 Å². The minimum absolute atomic E-state index is 0.0235. The Balaban J connectivity index is 1.70. The summed E-state index contributed by atoms with van der Waals surface area (Å²) in [5.41, 5.74) is 9.56. The Hall–Kier alpha value is -1.98. The molecule has 21 heavy (non-hydrogen) atoms. The molecule has 5 nitrogen and oxygen atoms in total. The lowest BCUT2D eigenvalue weighted by molar-refractivity contribution is -0.0353. The summed E-state index contributed by atoms with van der Waals surface area (Å²) in [7, 11) is 0. The number of ether oxygens (including phenoxy) is 1. The third kappa shape index (κ3) is 3.56. The van der Waals surface area contributed by atoms with E-state index >= 15 is 0 Å². The van der Waals surface area contributed by atoms with Crippen LogP contribution in [0.5, 0.6) is 0 Å². The van der Waals surface area contributed by atoms with E-state index in [9.17, 15) is 0 Å². The van der Waals surface area contributed by atoms with E-state index < -0.39 is 0 Å². The molecule has 0 bridgehead atoms. The summed E-state index contributed by atoms with van der Waals surface area (Å²) in [5.74, 6) is 0. The van der Waals surface area contributed by atoms with Crippen LogP contribution in [0, 0.1) is 6.92 Å². The SMILES string of the molecule is Cc1cc(N)cc([C@H]2CN(Cc3ccccn3)CCO2)n1. The standard InChI is InChI=1S/C16H20N4O/c1-12-8-13(17)9-15(19-12)16-11-20(6-7-21-16)10-14-4-2-3-5-18-14/h2-5,8-9,16H,6-7,10-11H2,1H3,(H2,17,19)/t16-/m1/s1. The zero-order valence-electron chi connectivity index (χ0n) is 12.2. The van der Waals surface area contributed by atoms with Crippen LogP contribution in [-0.2, 0) is 11.3 Å². The summed E-state index contributed by atoms with van der Waals surface area (Å²) in [5, 5.41) is 0. The molecule has 1 saturated heterocycles. The van der Waals surface area contributed by atoms with E-state index in [-0.39, 0.29) is 6.10 Å². The molecular formula is C16H20N4O. The van der Waals surface area contributed by atoms with Gasteiger partial charge in [0, 0.05) is 37.2 Å². The highest BCUT2D eigenvalue weighted by Crippen LogP contribution is 2.23. The van der Waals surface area contributed by atoms with Crippen molar-refractivity contribution in [3.05, 3.63) is 53.6 Å². The summed E-state index contributed by atoms with van der Waals surface area (Å²) in [6.45, 7) is 5.21. The zero-order chi connectivity index (χ0) is 14.7. The number of aromatic nitrogens is 2. The van der Waals surface area contributed by atoms with Gasteiger partial charge < -0.3 is 10.5 Å². The van der Waals surface area contributed by atoms with Gasteiger partial charge >= 0.3 is 0 Å². The second-order valence-corrected chi connectivity index (χ2v) is 5.38. The van der Waals surface area contributed by atoms with Gasteiger partial charge in [-0.1, -0.05) is 6.07 Å². The first-order valence-electron chi connectivity index (χ1n) is 7.18. The average molecular weight is 284 g/mol. The molecule has 0 saturated carbocycles. The lowest BCUT2D eigenvalue weighted by Gasteiger charge is -2.32. The number of aryl methyl sites for hydroxylation is 1. The van der Waals surface area contributed by atoms with Crippen molar-refractivity contribution in [1.82, 2.24) is 14.9 Å². The molecule has 3 rings (SSSR count). The Labute approximate surface area is 124 Å². The molecule has 0 amide bonds. The molecule has 2 aromatic heterocycles. The van der Waals surface area contributed by atoms with Crippen molar-refractivity contribution in [2.24, 2.45) is 0 Å². The number of anilines is 1. The molecule has 2 N–H and O–H groups in total. The minimum atomic E-state index is -0.0235. The summed E-state index contributed by atoms with van der Waals surface area (Å²) >= 11 is 0. The third-order valence-electron chi connectivity index (χ3n) is 3.59. The van der Waals surface area contributed by atoms with Crippen LogP contribution in [-0.4, -0.2) is 34.6 Å². The van der Waals surface area contributed by atoms with Crippen LogP contribution in [0.25, 0.3) is 0 Å². The van der Waals surface area contributed by atoms with Gasteiger partial charge in [0.05, 0.1) is 18.0 Å². The molecule has 1 atom stereocenters. The first-order valence-corrected chi connectivity index (χ1v) is 7.18. The predicted octanol–water partition coefficient (Wildman–Crippen LogP) is 1.94. The molecule has 1 aliphatic rings. The maximum atomic E-state index is 5.91. The van der Waals surface area contributed by atoms with Gasteiger partial charge in [-0.3, -0.25) is 14.9 Å². The number of rotatable bonds is 3. The van der Waals surface area contributed by atoms with Gasteiger partial charge in [-0.25, -0.2) is 0 Å². The van der Waals surface area contributed by atoms with Crippen LogP contribution in [0.2, 0.25) is 0 Å². The average Bonchev–Trinajstić information content (AvgIpc) is 2.47. The highest BCUT2D eigenvalue weighted by atomic mass is 16.5. The Kier molecular flexibility index (Phi) is 4.13. The summed E-state index contributed by atoms with van der Waals surface area (Å²) in [6.07, 6.45) is 1.81. The highest BCUT2D eigenvalue weighted by Gasteiger charge is 2.23. The number of morpholine rings is 1. The molecule has 5 heteroatoms. The lowest BCUT2D eigenvalue weighted by Crippen LogP contribution is -2.38. The number of pyridine rings is 2. The smallest absolute Gasteiger partial charge is 0.112 e. The van der Waals surface area contributed by atoms with E-state index in [1.54, 1.807) is 0 Å². The van der Waals surface area contributed by atoms with E-state index in [0.717, 1.165) is 42.4 Å². The molecule has 0 spiro atoms. The first kappa shape index (κ1) is 14.0. The largest absolute Gasteiger partial charge is 0.399 e. The van der Waals surface area contributed by atoms with Crippen LogP contribution < -0.4 is 5.73 Å². The van der Waals surface area contributed by atoms with Crippen molar-refractivity contribution >= 4 is 5.69 Å². The molecule has 0 aliphatic carbocycles. The Bertz CT molecular complexity index is 582. The monoisotopic (exact) mass is 284 g/mol. The Morgan fingerprint density at radius 3 is 3.05 bits per heavy atom. The van der Waals surface area contributed by atoms with Crippen molar-refractivity contribution in [1.29, 1.82) is 0 Å². The number of hydrogen-bond donors (Lipinski definition) is 1. The Morgan fingerprint density at radius 1 is 1.38 bits per heavy atom. The fraction of sp³-hybridized carbons (Fsp3) is 0.375. The topological polar surface area (TPSA) is 64.3 Å². The molecule has 1 aliphatic heterocycles. The summed E-state index contributed by atoms with van der Waals surface area (Å²) < 4.78 is 5.86. The molecule has 0 unspecified atom stereocenters. The summed E-state index contributed by atoms with van der Waals surface area (Å²) in [6, 6.07) is 9.78. The van der Waals surface area contributed by atoms with Gasteiger partial charge in [-0.15, -0.1) is 0 Å². The van der Waals surface area contributed by atoms with Gasteiger partial charge in [0.25, 0.3) is 0 Å². The fourth-order valence-corrected chi connectivity index (χ4v) is 2.63. The van der Waals surface area contributed by atoms with Gasteiger partial charge in [0.2, 0.25) is 0 Å². The van der Waals surface area contributed by atoms with E-state index in [4.69, 9.17) is 10.5 Å². The van der Waals surface area contributed by atoms with Gasteiger partial charge in [-0.05, 0) is 31.2 Å². The molecule has 0 aromatic carbocycles. The predicted molar refractivity (Wildman–Crippen MR) is 81.6 cm³/mol. The van der Waals surface area contributed by atoms with Gasteiger partial charge in [0.15, 0.2) is 0 Å². The maximum absolute atomic E-state index is 5.91. The molecule has 110 valence electrons. The number of nitrogens with zero attached hydrogens (tertiary/aromatic N) is 3. The van der Waals surface area contributed by atoms with E-state index in [1.165, 1.54) is 0 Å². The van der Waals surface area contributed by atoms with Crippen molar-refractivity contribution in [3.8, 4) is 0 Å². The second-order valence-electron chi connectivity index (χ2n) is 5.38. The lowest BCUT2D eigenvalue weighted by atomic mass is 10.1. The van der Waals surface area contributed by atoms with Crippen molar-refractivity contribution in [2.45, 2.75) is 19.6 Å². The molecule has 1 fully saturated rings. The van der Waals surface area contributed by atoms with Crippen LogP contribution in [0.1, 0.15) is 23.2 Å². The number of nitrogen functional groups attached to an aromatic ring is 1. The third-order valence-corrected chi connectivity index (χ3v) is 3.59. The molecule has 3 heterocycles. The first-order chi connectivity index (χ1) is 10.2. The van der Waals surface area contributed by atoms with Crippen molar-refractivity contribution in [2.75, 3.05) is 25.4 Å². The van der Waals surface area contributed by atoms with Crippen LogP contribution >= 0.6 is 0 Å². The number of hydrogen-bond acceptors (Lipinski definition) is 5. The van der Waals surface area contributed by atoms with Crippen LogP contribution in [0.4, 0.5) is 5.69 Å². The van der Waals surface area contributed by atoms with E-state index in [1.807, 2.05) is 43.5 Å². The maximum Gasteiger partial charge on any atom is 0.112 e. The quantitative estimate of drug-likeness (QED) is 0.933. The van der Waals surface area contributed by atoms with Gasteiger partial charge in [-0.2, -0.15) is 0 Å². The van der Waals surface area contributed by atoms with Crippen LogP contribution in [0.15, 0.2) is 36.5 Å².